The first-order valence-electron chi connectivity index (χ1n) is 4.92. The fourth-order valence-electron chi connectivity index (χ4n) is 2.32. The summed E-state index contributed by atoms with van der Waals surface area (Å²) < 4.78 is 0. The average Bonchev–Trinajstić information content (AvgIpc) is 2.40. The van der Waals surface area contributed by atoms with Crippen LogP contribution in [0.25, 0.3) is 0 Å². The number of allylic oxidation sites excluding steroid dienone is 2. The van der Waals surface area contributed by atoms with Crippen LogP contribution in [-0.4, -0.2) is 10.2 Å². The lowest BCUT2D eigenvalue weighted by molar-refractivity contribution is 0.617. The van der Waals surface area contributed by atoms with Gasteiger partial charge in [-0.15, -0.1) is 0 Å². The molecule has 0 atom stereocenters. The summed E-state index contributed by atoms with van der Waals surface area (Å²) in [6.07, 6.45) is 7.21. The average molecular weight is 168 g/mol. The second kappa shape index (κ2) is 4.10. The monoisotopic (exact) mass is 168 g/mol. The van der Waals surface area contributed by atoms with Gasteiger partial charge in [-0.3, -0.25) is 0 Å². The van der Waals surface area contributed by atoms with Crippen LogP contribution in [0, 0.1) is 5.92 Å². The predicted molar refractivity (Wildman–Crippen MR) is 54.9 cm³/mol. The lowest BCUT2D eigenvalue weighted by Crippen LogP contribution is -2.00. The minimum absolute atomic E-state index is 0.984. The van der Waals surface area contributed by atoms with E-state index < -0.39 is 0 Å². The molecule has 1 aliphatic carbocycles. The molecule has 0 saturated heterocycles. The second-order valence-corrected chi connectivity index (χ2v) is 5.36. The normalized spacial score (nSPS) is 22.4. The summed E-state index contributed by atoms with van der Waals surface area (Å²) in [5.41, 5.74) is 1.80. The maximum absolute atomic E-state index is 2.32. The smallest absolute Gasteiger partial charge is 0.0328 e. The largest absolute Gasteiger partial charge is 0.0953 e. The van der Waals surface area contributed by atoms with Gasteiger partial charge in [-0.05, 0) is 32.1 Å². The van der Waals surface area contributed by atoms with Gasteiger partial charge in [-0.1, -0.05) is 30.5 Å². The highest BCUT2D eigenvalue weighted by Crippen LogP contribution is 2.33. The SMILES string of the molecule is CCC(=C(C)[SiH3])C1CCCC1. The van der Waals surface area contributed by atoms with Crippen LogP contribution in [-0.2, 0) is 0 Å². The molecule has 64 valence electrons. The van der Waals surface area contributed by atoms with E-state index in [1.807, 2.05) is 0 Å². The summed E-state index contributed by atoms with van der Waals surface area (Å²) in [5, 5.41) is 1.71. The van der Waals surface area contributed by atoms with Crippen molar-refractivity contribution in [2.24, 2.45) is 5.92 Å². The zero-order chi connectivity index (χ0) is 8.27. The standard InChI is InChI=1S/C10H20Si/c1-3-10(8(2)11)9-6-4-5-7-9/h9H,3-7H2,1-2,11H3. The fourth-order valence-corrected chi connectivity index (χ4v) is 3.09. The van der Waals surface area contributed by atoms with Crippen molar-refractivity contribution < 1.29 is 0 Å². The highest BCUT2D eigenvalue weighted by molar-refractivity contribution is 6.21. The van der Waals surface area contributed by atoms with Crippen molar-refractivity contribution in [3.63, 3.8) is 0 Å². The molecule has 1 aliphatic rings. The molecule has 0 spiro atoms. The molecule has 0 aliphatic heterocycles. The first-order valence-corrected chi connectivity index (χ1v) is 5.92. The molecule has 0 aromatic rings. The van der Waals surface area contributed by atoms with Gasteiger partial charge in [0.2, 0.25) is 0 Å². The molecule has 1 heteroatoms. The van der Waals surface area contributed by atoms with Gasteiger partial charge in [0.1, 0.15) is 0 Å². The van der Waals surface area contributed by atoms with Crippen molar-refractivity contribution in [3.05, 3.63) is 10.8 Å². The summed E-state index contributed by atoms with van der Waals surface area (Å²) in [5.74, 6) is 0.984. The Kier molecular flexibility index (Phi) is 3.37. The molecule has 1 rings (SSSR count). The Morgan fingerprint density at radius 3 is 2.27 bits per heavy atom. The molecule has 0 nitrogen and oxygen atoms in total. The van der Waals surface area contributed by atoms with Crippen LogP contribution < -0.4 is 0 Å². The van der Waals surface area contributed by atoms with Crippen molar-refractivity contribution in [3.8, 4) is 0 Å². The number of hydrogen-bond donors (Lipinski definition) is 0. The first kappa shape index (κ1) is 9.05. The molecule has 0 heterocycles. The molecule has 0 unspecified atom stereocenters. The third-order valence-electron chi connectivity index (χ3n) is 2.87. The summed E-state index contributed by atoms with van der Waals surface area (Å²) in [7, 11) is 1.28. The molecular formula is C10H20Si. The molecule has 0 bridgehead atoms. The van der Waals surface area contributed by atoms with Gasteiger partial charge < -0.3 is 0 Å². The third-order valence-corrected chi connectivity index (χ3v) is 3.51. The molecule has 0 N–H and O–H groups in total. The zero-order valence-corrected chi connectivity index (χ0v) is 10.1. The van der Waals surface area contributed by atoms with Gasteiger partial charge in [-0.25, -0.2) is 0 Å². The lowest BCUT2D eigenvalue weighted by atomic mass is 9.95. The molecular weight excluding hydrogens is 148 g/mol. The Morgan fingerprint density at radius 1 is 1.36 bits per heavy atom. The lowest BCUT2D eigenvalue weighted by Gasteiger charge is -2.14. The summed E-state index contributed by atoms with van der Waals surface area (Å²) in [6.45, 7) is 4.64. The van der Waals surface area contributed by atoms with Crippen molar-refractivity contribution in [2.75, 3.05) is 0 Å². The van der Waals surface area contributed by atoms with E-state index in [-0.39, 0.29) is 0 Å². The van der Waals surface area contributed by atoms with E-state index in [4.69, 9.17) is 0 Å². The quantitative estimate of drug-likeness (QED) is 0.555. The molecule has 1 saturated carbocycles. The second-order valence-electron chi connectivity index (χ2n) is 3.86. The van der Waals surface area contributed by atoms with Crippen LogP contribution >= 0.6 is 0 Å². The Bertz CT molecular complexity index is 148. The van der Waals surface area contributed by atoms with Crippen molar-refractivity contribution in [1.82, 2.24) is 0 Å². The Hall–Kier alpha value is -0.0431. The van der Waals surface area contributed by atoms with Crippen molar-refractivity contribution in [1.29, 1.82) is 0 Å². The molecule has 0 amide bonds. The maximum atomic E-state index is 2.32. The maximum Gasteiger partial charge on any atom is 0.0328 e. The number of hydrogen-bond acceptors (Lipinski definition) is 0. The van der Waals surface area contributed by atoms with Crippen LogP contribution in [0.3, 0.4) is 0 Å². The fraction of sp³-hybridized carbons (Fsp3) is 0.800. The minimum atomic E-state index is 0.984. The van der Waals surface area contributed by atoms with Gasteiger partial charge >= 0.3 is 0 Å². The summed E-state index contributed by atoms with van der Waals surface area (Å²) in [6, 6.07) is 0. The van der Waals surface area contributed by atoms with E-state index >= 15 is 0 Å². The van der Waals surface area contributed by atoms with E-state index in [1.165, 1.54) is 42.3 Å². The Balaban J connectivity index is 2.61. The predicted octanol–water partition coefficient (Wildman–Crippen LogP) is 2.23. The first-order chi connectivity index (χ1) is 5.25. The summed E-state index contributed by atoms with van der Waals surface area (Å²) in [4.78, 5) is 0. The van der Waals surface area contributed by atoms with Crippen molar-refractivity contribution >= 4 is 10.2 Å². The van der Waals surface area contributed by atoms with Gasteiger partial charge in [-0.2, -0.15) is 0 Å². The van der Waals surface area contributed by atoms with Crippen molar-refractivity contribution in [2.45, 2.75) is 46.0 Å². The number of rotatable bonds is 2. The van der Waals surface area contributed by atoms with Gasteiger partial charge in [0.15, 0.2) is 0 Å². The molecule has 0 aromatic carbocycles. The molecule has 1 fully saturated rings. The Labute approximate surface area is 73.5 Å². The highest BCUT2D eigenvalue weighted by Gasteiger charge is 2.18. The van der Waals surface area contributed by atoms with Crippen LogP contribution in [0.2, 0.25) is 0 Å². The Morgan fingerprint density at radius 2 is 1.91 bits per heavy atom. The van der Waals surface area contributed by atoms with E-state index in [2.05, 4.69) is 13.8 Å². The van der Waals surface area contributed by atoms with Crippen LogP contribution in [0.15, 0.2) is 10.8 Å². The van der Waals surface area contributed by atoms with Crippen LogP contribution in [0.5, 0.6) is 0 Å². The topological polar surface area (TPSA) is 0 Å². The zero-order valence-electron chi connectivity index (χ0n) is 8.11. The van der Waals surface area contributed by atoms with E-state index in [1.54, 1.807) is 10.8 Å². The van der Waals surface area contributed by atoms with E-state index in [0.717, 1.165) is 5.92 Å². The molecule has 11 heavy (non-hydrogen) atoms. The van der Waals surface area contributed by atoms with Crippen LogP contribution in [0.4, 0.5) is 0 Å². The van der Waals surface area contributed by atoms with Gasteiger partial charge in [0.05, 0.1) is 0 Å². The minimum Gasteiger partial charge on any atom is -0.0953 e. The molecule has 0 radical (unpaired) electrons. The van der Waals surface area contributed by atoms with Crippen LogP contribution in [0.1, 0.15) is 46.0 Å². The molecule has 0 aromatic heterocycles. The summed E-state index contributed by atoms with van der Waals surface area (Å²) >= 11 is 0. The highest BCUT2D eigenvalue weighted by atomic mass is 28.1. The third kappa shape index (κ3) is 2.19. The van der Waals surface area contributed by atoms with E-state index in [0.29, 0.717) is 0 Å². The van der Waals surface area contributed by atoms with Gasteiger partial charge in [0.25, 0.3) is 0 Å². The van der Waals surface area contributed by atoms with E-state index in [9.17, 15) is 0 Å². The van der Waals surface area contributed by atoms with Gasteiger partial charge in [0, 0.05) is 10.2 Å².